The number of hydrogen-bond donors (Lipinski definition) is 0. The summed E-state index contributed by atoms with van der Waals surface area (Å²) in [5, 5.41) is 1.44. The number of aromatic nitrogens is 1. The summed E-state index contributed by atoms with van der Waals surface area (Å²) in [5.41, 5.74) is 10.3. The molecule has 3 rings (SSSR count). The lowest BCUT2D eigenvalue weighted by molar-refractivity contribution is 0.763. The van der Waals surface area contributed by atoms with Gasteiger partial charge in [0.15, 0.2) is 0 Å². The number of benzene rings is 1. The third-order valence-electron chi connectivity index (χ3n) is 4.71. The van der Waals surface area contributed by atoms with Crippen LogP contribution in [-0.2, 0) is 13.0 Å². The second-order valence-corrected chi connectivity index (χ2v) is 5.52. The van der Waals surface area contributed by atoms with E-state index >= 15 is 0 Å². The summed E-state index contributed by atoms with van der Waals surface area (Å²) in [6.07, 6.45) is 1.13. The minimum Gasteiger partial charge on any atom is -0.345 e. The first kappa shape index (κ1) is 11.6. The van der Waals surface area contributed by atoms with E-state index in [0.29, 0.717) is 0 Å². The maximum absolute atomic E-state index is 2.48. The molecule has 2 aromatic rings. The van der Waals surface area contributed by atoms with E-state index in [9.17, 15) is 0 Å². The molecule has 0 radical (unpaired) electrons. The average Bonchev–Trinajstić information content (AvgIpc) is 2.78. The maximum atomic E-state index is 2.48. The summed E-state index contributed by atoms with van der Waals surface area (Å²) in [5.74, 6) is 0. The summed E-state index contributed by atoms with van der Waals surface area (Å²) in [6.45, 7) is 12.3. The van der Waals surface area contributed by atoms with Crippen LogP contribution in [0.1, 0.15) is 43.2 Å². The van der Waals surface area contributed by atoms with Crippen molar-refractivity contribution in [3.8, 4) is 0 Å². The molecule has 0 bridgehead atoms. The molecule has 0 spiro atoms. The van der Waals surface area contributed by atoms with Crippen molar-refractivity contribution in [1.82, 2.24) is 4.57 Å². The van der Waals surface area contributed by atoms with Crippen LogP contribution in [0.25, 0.3) is 16.5 Å². The standard InChI is InChI=1S/C17H21N/c1-6-18-13(5)12(4)15-8-7-14-11(3)10(2)9-16(14)17(15)18/h7-8H,6,9H2,1-5H3. The Morgan fingerprint density at radius 3 is 2.50 bits per heavy atom. The molecular weight excluding hydrogens is 218 g/mol. The van der Waals surface area contributed by atoms with Crippen LogP contribution in [0.15, 0.2) is 17.7 Å². The highest BCUT2D eigenvalue weighted by atomic mass is 15.0. The summed E-state index contributed by atoms with van der Waals surface area (Å²) in [6, 6.07) is 4.63. The van der Waals surface area contributed by atoms with Crippen molar-refractivity contribution in [2.75, 3.05) is 0 Å². The molecular formula is C17H21N. The van der Waals surface area contributed by atoms with E-state index < -0.39 is 0 Å². The highest BCUT2D eigenvalue weighted by Gasteiger charge is 2.22. The largest absolute Gasteiger partial charge is 0.345 e. The Labute approximate surface area is 109 Å². The van der Waals surface area contributed by atoms with Gasteiger partial charge in [-0.05, 0) is 63.3 Å². The number of fused-ring (bicyclic) bond motifs is 3. The molecule has 0 unspecified atom stereocenters. The van der Waals surface area contributed by atoms with Crippen molar-refractivity contribution in [2.45, 2.75) is 47.6 Å². The van der Waals surface area contributed by atoms with Gasteiger partial charge in [-0.3, -0.25) is 0 Å². The first-order valence-corrected chi connectivity index (χ1v) is 6.84. The highest BCUT2D eigenvalue weighted by Crippen LogP contribution is 2.39. The average molecular weight is 239 g/mol. The number of allylic oxidation sites excluding steroid dienone is 2. The minimum atomic E-state index is 1.06. The lowest BCUT2D eigenvalue weighted by atomic mass is 10.0. The van der Waals surface area contributed by atoms with Crippen molar-refractivity contribution in [2.24, 2.45) is 0 Å². The quantitative estimate of drug-likeness (QED) is 0.684. The van der Waals surface area contributed by atoms with Crippen molar-refractivity contribution >= 4 is 16.5 Å². The van der Waals surface area contributed by atoms with Gasteiger partial charge in [-0.1, -0.05) is 17.7 Å². The molecule has 1 heterocycles. The zero-order valence-electron chi connectivity index (χ0n) is 12.0. The van der Waals surface area contributed by atoms with Gasteiger partial charge in [0, 0.05) is 17.6 Å². The van der Waals surface area contributed by atoms with Gasteiger partial charge in [-0.2, -0.15) is 0 Å². The van der Waals surface area contributed by atoms with E-state index in [0.717, 1.165) is 13.0 Å². The Hall–Kier alpha value is -1.50. The van der Waals surface area contributed by atoms with Gasteiger partial charge in [0.05, 0.1) is 5.52 Å². The molecule has 1 heteroatoms. The first-order chi connectivity index (χ1) is 8.56. The zero-order chi connectivity index (χ0) is 13.0. The summed E-state index contributed by atoms with van der Waals surface area (Å²) >= 11 is 0. The second kappa shape index (κ2) is 3.74. The predicted octanol–water partition coefficient (Wildman–Crippen LogP) is 4.63. The second-order valence-electron chi connectivity index (χ2n) is 5.52. The van der Waals surface area contributed by atoms with Crippen LogP contribution in [0.4, 0.5) is 0 Å². The fourth-order valence-electron chi connectivity index (χ4n) is 3.37. The molecule has 0 N–H and O–H groups in total. The molecule has 0 saturated carbocycles. The molecule has 0 saturated heterocycles. The molecule has 1 aliphatic carbocycles. The number of nitrogens with zero attached hydrogens (tertiary/aromatic N) is 1. The molecule has 0 amide bonds. The predicted molar refractivity (Wildman–Crippen MR) is 79.1 cm³/mol. The Morgan fingerprint density at radius 1 is 1.11 bits per heavy atom. The van der Waals surface area contributed by atoms with Gasteiger partial charge in [0.1, 0.15) is 0 Å². The fraction of sp³-hybridized carbons (Fsp3) is 0.412. The van der Waals surface area contributed by atoms with Crippen LogP contribution in [0.2, 0.25) is 0 Å². The van der Waals surface area contributed by atoms with E-state index in [1.807, 2.05) is 0 Å². The number of hydrogen-bond acceptors (Lipinski definition) is 0. The molecule has 1 aromatic carbocycles. The van der Waals surface area contributed by atoms with Gasteiger partial charge >= 0.3 is 0 Å². The Morgan fingerprint density at radius 2 is 1.83 bits per heavy atom. The first-order valence-electron chi connectivity index (χ1n) is 6.84. The SMILES string of the molecule is CCn1c(C)c(C)c2ccc3c(c21)CC(C)=C3C. The van der Waals surface area contributed by atoms with Crippen molar-refractivity contribution in [3.05, 3.63) is 40.1 Å². The maximum Gasteiger partial charge on any atom is 0.0527 e. The van der Waals surface area contributed by atoms with Gasteiger partial charge in [0.25, 0.3) is 0 Å². The van der Waals surface area contributed by atoms with Crippen LogP contribution in [0.3, 0.4) is 0 Å². The van der Waals surface area contributed by atoms with Crippen molar-refractivity contribution in [3.63, 3.8) is 0 Å². The molecule has 1 aromatic heterocycles. The smallest absolute Gasteiger partial charge is 0.0527 e. The topological polar surface area (TPSA) is 4.93 Å². The third-order valence-corrected chi connectivity index (χ3v) is 4.71. The molecule has 0 fully saturated rings. The van der Waals surface area contributed by atoms with Gasteiger partial charge in [-0.15, -0.1) is 0 Å². The van der Waals surface area contributed by atoms with E-state index in [-0.39, 0.29) is 0 Å². The van der Waals surface area contributed by atoms with Crippen molar-refractivity contribution < 1.29 is 0 Å². The van der Waals surface area contributed by atoms with Crippen molar-refractivity contribution in [1.29, 1.82) is 0 Å². The highest BCUT2D eigenvalue weighted by molar-refractivity contribution is 5.94. The monoisotopic (exact) mass is 239 g/mol. The lowest BCUT2D eigenvalue weighted by Crippen LogP contribution is -1.99. The van der Waals surface area contributed by atoms with Crippen LogP contribution in [0.5, 0.6) is 0 Å². The van der Waals surface area contributed by atoms with Gasteiger partial charge < -0.3 is 4.57 Å². The normalized spacial score (nSPS) is 14.7. The Bertz CT molecular complexity index is 683. The van der Waals surface area contributed by atoms with Gasteiger partial charge in [-0.25, -0.2) is 0 Å². The van der Waals surface area contributed by atoms with E-state index in [4.69, 9.17) is 0 Å². The van der Waals surface area contributed by atoms with E-state index in [1.54, 1.807) is 5.56 Å². The van der Waals surface area contributed by atoms with Crippen LogP contribution in [0, 0.1) is 13.8 Å². The van der Waals surface area contributed by atoms with E-state index in [2.05, 4.69) is 51.3 Å². The molecule has 94 valence electrons. The van der Waals surface area contributed by atoms with E-state index in [1.165, 1.54) is 38.9 Å². The Kier molecular flexibility index (Phi) is 2.41. The number of rotatable bonds is 1. The summed E-state index contributed by atoms with van der Waals surface area (Å²) < 4.78 is 2.48. The molecule has 1 aliphatic rings. The van der Waals surface area contributed by atoms with Crippen LogP contribution in [-0.4, -0.2) is 4.57 Å². The van der Waals surface area contributed by atoms with Gasteiger partial charge in [0.2, 0.25) is 0 Å². The summed E-state index contributed by atoms with van der Waals surface area (Å²) in [7, 11) is 0. The van der Waals surface area contributed by atoms with Crippen LogP contribution < -0.4 is 0 Å². The third kappa shape index (κ3) is 1.28. The fourth-order valence-corrected chi connectivity index (χ4v) is 3.37. The molecule has 1 nitrogen and oxygen atoms in total. The molecule has 0 aliphatic heterocycles. The zero-order valence-corrected chi connectivity index (χ0v) is 12.0. The molecule has 0 atom stereocenters. The lowest BCUT2D eigenvalue weighted by Gasteiger charge is -2.09. The number of aryl methyl sites for hydroxylation is 2. The van der Waals surface area contributed by atoms with Crippen LogP contribution >= 0.6 is 0 Å². The minimum absolute atomic E-state index is 1.06. The Balaban J connectivity index is 2.43. The summed E-state index contributed by atoms with van der Waals surface area (Å²) in [4.78, 5) is 0. The molecule has 18 heavy (non-hydrogen) atoms.